The van der Waals surface area contributed by atoms with E-state index in [1.165, 1.54) is 0 Å². The summed E-state index contributed by atoms with van der Waals surface area (Å²) in [5.74, 6) is -0.602. The molecule has 0 aliphatic carbocycles. The van der Waals surface area contributed by atoms with Crippen LogP contribution in [0.15, 0.2) is 4.99 Å². The number of hydrogen-bond acceptors (Lipinski definition) is 2. The fourth-order valence-electron chi connectivity index (χ4n) is 0.0456. The summed E-state index contributed by atoms with van der Waals surface area (Å²) >= 11 is 0. The standard InChI is InChI=1S/C3H4N2O/c1-5-3(6)2-4/h2,4H,1H2. The maximum absolute atomic E-state index is 9.71. The van der Waals surface area contributed by atoms with Gasteiger partial charge < -0.3 is 5.41 Å². The average molecular weight is 84.1 g/mol. The Hall–Kier alpha value is -0.990. The summed E-state index contributed by atoms with van der Waals surface area (Å²) in [6, 6.07) is 0. The molecule has 0 heterocycles. The molecule has 3 nitrogen and oxygen atoms in total. The van der Waals surface area contributed by atoms with Gasteiger partial charge in [-0.3, -0.25) is 4.79 Å². The molecule has 0 rings (SSSR count). The largest absolute Gasteiger partial charge is 0.303 e. The van der Waals surface area contributed by atoms with Crippen LogP contribution < -0.4 is 0 Å². The molecule has 0 aromatic rings. The number of hydrogen-bond donors (Lipinski definition) is 1. The Kier molecular flexibility index (Phi) is 1.89. The summed E-state index contributed by atoms with van der Waals surface area (Å²) in [6.07, 6.45) is 0.604. The first-order valence-corrected chi connectivity index (χ1v) is 1.32. The van der Waals surface area contributed by atoms with Crippen molar-refractivity contribution in [3.8, 4) is 0 Å². The number of nitrogens with zero attached hydrogens (tertiary/aromatic N) is 1. The topological polar surface area (TPSA) is 53.3 Å². The number of aliphatic imine (C=N–C) groups is 1. The van der Waals surface area contributed by atoms with Crippen molar-refractivity contribution < 1.29 is 4.79 Å². The van der Waals surface area contributed by atoms with Crippen LogP contribution in [0.25, 0.3) is 0 Å². The van der Waals surface area contributed by atoms with E-state index in [9.17, 15) is 4.79 Å². The van der Waals surface area contributed by atoms with E-state index >= 15 is 0 Å². The number of amides is 1. The van der Waals surface area contributed by atoms with Crippen LogP contribution in [0.4, 0.5) is 0 Å². The molecule has 0 aromatic carbocycles. The Morgan fingerprint density at radius 2 is 2.50 bits per heavy atom. The van der Waals surface area contributed by atoms with Crippen molar-refractivity contribution in [2.24, 2.45) is 4.99 Å². The molecule has 0 aliphatic rings. The second-order valence-corrected chi connectivity index (χ2v) is 0.641. The lowest BCUT2D eigenvalue weighted by Gasteiger charge is -1.67. The van der Waals surface area contributed by atoms with E-state index in [1.54, 1.807) is 0 Å². The van der Waals surface area contributed by atoms with Gasteiger partial charge >= 0.3 is 0 Å². The molecular weight excluding hydrogens is 80.0 g/mol. The molecule has 0 atom stereocenters. The van der Waals surface area contributed by atoms with Gasteiger partial charge in [-0.25, -0.2) is 4.99 Å². The Balaban J connectivity index is 3.52. The normalized spacial score (nSPS) is 6.67. The van der Waals surface area contributed by atoms with Crippen LogP contribution in [-0.4, -0.2) is 18.8 Å². The highest BCUT2D eigenvalue weighted by molar-refractivity contribution is 6.26. The number of carbonyl (C=O) groups excluding carboxylic acids is 1. The Morgan fingerprint density at radius 3 is 2.50 bits per heavy atom. The van der Waals surface area contributed by atoms with Gasteiger partial charge in [-0.05, 0) is 6.72 Å². The molecule has 0 spiro atoms. The van der Waals surface area contributed by atoms with Crippen molar-refractivity contribution >= 4 is 18.8 Å². The summed E-state index contributed by atoms with van der Waals surface area (Å²) in [4.78, 5) is 12.6. The average Bonchev–Trinajstić information content (AvgIpc) is 1.65. The summed E-state index contributed by atoms with van der Waals surface area (Å²) in [6.45, 7) is 2.88. The first kappa shape index (κ1) is 5.01. The van der Waals surface area contributed by atoms with E-state index in [1.807, 2.05) is 0 Å². The zero-order valence-electron chi connectivity index (χ0n) is 3.14. The fourth-order valence-corrected chi connectivity index (χ4v) is 0.0456. The van der Waals surface area contributed by atoms with Gasteiger partial charge in [-0.2, -0.15) is 0 Å². The van der Waals surface area contributed by atoms with Gasteiger partial charge in [0, 0.05) is 0 Å². The highest BCUT2D eigenvalue weighted by atomic mass is 16.1. The van der Waals surface area contributed by atoms with Gasteiger partial charge in [0.1, 0.15) is 0 Å². The second-order valence-electron chi connectivity index (χ2n) is 0.641. The maximum Gasteiger partial charge on any atom is 0.286 e. The lowest BCUT2D eigenvalue weighted by atomic mass is 10.7. The molecule has 0 fully saturated rings. The first-order valence-electron chi connectivity index (χ1n) is 1.32. The van der Waals surface area contributed by atoms with Crippen molar-refractivity contribution in [1.29, 1.82) is 5.41 Å². The minimum atomic E-state index is -0.602. The Morgan fingerprint density at radius 1 is 2.00 bits per heavy atom. The van der Waals surface area contributed by atoms with Gasteiger partial charge in [-0.15, -0.1) is 0 Å². The van der Waals surface area contributed by atoms with Crippen LogP contribution in [0.3, 0.4) is 0 Å². The van der Waals surface area contributed by atoms with Crippen LogP contribution >= 0.6 is 0 Å². The molecule has 32 valence electrons. The van der Waals surface area contributed by atoms with E-state index in [0.29, 0.717) is 6.21 Å². The van der Waals surface area contributed by atoms with E-state index < -0.39 is 5.91 Å². The third-order valence-electron chi connectivity index (χ3n) is 0.279. The molecule has 1 N–H and O–H groups in total. The fraction of sp³-hybridized carbons (Fsp3) is 0. The SMILES string of the molecule is C=NC(=O)C=N. The molecule has 3 heteroatoms. The van der Waals surface area contributed by atoms with Crippen molar-refractivity contribution in [2.75, 3.05) is 0 Å². The molecule has 0 saturated carbocycles. The quantitative estimate of drug-likeness (QED) is 0.442. The summed E-state index contributed by atoms with van der Waals surface area (Å²) < 4.78 is 0. The molecule has 0 aliphatic heterocycles. The van der Waals surface area contributed by atoms with E-state index in [-0.39, 0.29) is 0 Å². The van der Waals surface area contributed by atoms with Gasteiger partial charge in [-0.1, -0.05) is 0 Å². The van der Waals surface area contributed by atoms with Crippen molar-refractivity contribution in [3.63, 3.8) is 0 Å². The van der Waals surface area contributed by atoms with Crippen LogP contribution in [0.1, 0.15) is 0 Å². The smallest absolute Gasteiger partial charge is 0.286 e. The molecule has 1 amide bonds. The molecular formula is C3H4N2O. The maximum atomic E-state index is 9.71. The Bertz CT molecular complexity index is 76.8. The number of rotatable bonds is 1. The lowest BCUT2D eigenvalue weighted by Crippen LogP contribution is -1.88. The lowest BCUT2D eigenvalue weighted by molar-refractivity contribution is -0.111. The monoisotopic (exact) mass is 84.0 g/mol. The summed E-state index contributed by atoms with van der Waals surface area (Å²) in [5.41, 5.74) is 0. The zero-order chi connectivity index (χ0) is 4.99. The van der Waals surface area contributed by atoms with E-state index in [2.05, 4.69) is 11.7 Å². The van der Waals surface area contributed by atoms with Crippen LogP contribution in [0.2, 0.25) is 0 Å². The minimum Gasteiger partial charge on any atom is -0.303 e. The van der Waals surface area contributed by atoms with Crippen LogP contribution in [0.5, 0.6) is 0 Å². The molecule has 6 heavy (non-hydrogen) atoms. The summed E-state index contributed by atoms with van der Waals surface area (Å²) in [7, 11) is 0. The molecule has 0 bridgehead atoms. The van der Waals surface area contributed by atoms with Gasteiger partial charge in [0.25, 0.3) is 5.91 Å². The van der Waals surface area contributed by atoms with Crippen molar-refractivity contribution in [3.05, 3.63) is 0 Å². The highest BCUT2D eigenvalue weighted by Gasteiger charge is 1.79. The first-order chi connectivity index (χ1) is 2.81. The van der Waals surface area contributed by atoms with Gasteiger partial charge in [0.15, 0.2) is 0 Å². The van der Waals surface area contributed by atoms with Crippen LogP contribution in [0, 0.1) is 5.41 Å². The predicted octanol–water partition coefficient (Wildman–Crippen LogP) is -0.137. The highest BCUT2D eigenvalue weighted by Crippen LogP contribution is 1.57. The predicted molar refractivity (Wildman–Crippen MR) is 23.3 cm³/mol. The Labute approximate surface area is 35.2 Å². The third-order valence-corrected chi connectivity index (χ3v) is 0.279. The van der Waals surface area contributed by atoms with Gasteiger partial charge in [0.2, 0.25) is 0 Å². The van der Waals surface area contributed by atoms with E-state index in [4.69, 9.17) is 5.41 Å². The number of nitrogens with one attached hydrogen (secondary N) is 1. The molecule has 0 saturated heterocycles. The third kappa shape index (κ3) is 1.34. The second kappa shape index (κ2) is 2.26. The summed E-state index contributed by atoms with van der Waals surface area (Å²) in [5, 5.41) is 6.20. The molecule has 0 aromatic heterocycles. The van der Waals surface area contributed by atoms with Crippen molar-refractivity contribution in [1.82, 2.24) is 0 Å². The molecule has 0 unspecified atom stereocenters. The number of carbonyl (C=O) groups is 1. The molecule has 0 radical (unpaired) electrons. The zero-order valence-corrected chi connectivity index (χ0v) is 3.14. The van der Waals surface area contributed by atoms with Crippen molar-refractivity contribution in [2.45, 2.75) is 0 Å². The minimum absolute atomic E-state index is 0.602. The van der Waals surface area contributed by atoms with Gasteiger partial charge in [0.05, 0.1) is 6.21 Å². The van der Waals surface area contributed by atoms with Crippen LogP contribution in [-0.2, 0) is 4.79 Å². The van der Waals surface area contributed by atoms with E-state index in [0.717, 1.165) is 0 Å².